The third-order valence-electron chi connectivity index (χ3n) is 2.77. The van der Waals surface area contributed by atoms with Crippen LogP contribution in [0.3, 0.4) is 0 Å². The fourth-order valence-electron chi connectivity index (χ4n) is 1.81. The molecule has 120 valence electrons. The van der Waals surface area contributed by atoms with E-state index >= 15 is 0 Å². The third kappa shape index (κ3) is 3.08. The first kappa shape index (κ1) is 16.3. The SMILES string of the molecule is O=C(CNc1c(CO)nc2c(Cl)cc(C(F)(F)F)cn12)NO. The molecular formula is C11H10ClF3N4O3. The van der Waals surface area contributed by atoms with Gasteiger partial charge in [-0.2, -0.15) is 13.2 Å². The Hall–Kier alpha value is -2.04. The molecule has 0 spiro atoms. The van der Waals surface area contributed by atoms with E-state index in [9.17, 15) is 23.1 Å². The summed E-state index contributed by atoms with van der Waals surface area (Å²) in [6, 6.07) is 0.718. The molecule has 2 aromatic heterocycles. The summed E-state index contributed by atoms with van der Waals surface area (Å²) in [5.41, 5.74) is 0.346. The summed E-state index contributed by atoms with van der Waals surface area (Å²) in [5.74, 6) is -0.856. The van der Waals surface area contributed by atoms with Crippen LogP contribution in [-0.2, 0) is 17.6 Å². The van der Waals surface area contributed by atoms with Gasteiger partial charge in [0.05, 0.1) is 23.7 Å². The second-order valence-electron chi connectivity index (χ2n) is 4.22. The standard InChI is InChI=1S/C11H10ClF3N4O3/c12-6-1-5(11(13,14)15)3-19-9(6)17-7(4-20)10(19)16-2-8(21)18-22/h1,3,16,20,22H,2,4H2,(H,18,21). The number of nitrogens with zero attached hydrogens (tertiary/aromatic N) is 2. The summed E-state index contributed by atoms with van der Waals surface area (Å²) >= 11 is 5.79. The molecule has 0 saturated carbocycles. The molecule has 0 fully saturated rings. The van der Waals surface area contributed by atoms with Crippen molar-refractivity contribution in [1.82, 2.24) is 14.9 Å². The minimum atomic E-state index is -4.62. The van der Waals surface area contributed by atoms with Crippen LogP contribution < -0.4 is 10.8 Å². The molecule has 0 atom stereocenters. The number of amides is 1. The number of anilines is 1. The fourth-order valence-corrected chi connectivity index (χ4v) is 2.06. The number of aliphatic hydroxyl groups is 1. The summed E-state index contributed by atoms with van der Waals surface area (Å²) < 4.78 is 39.5. The number of nitrogens with one attached hydrogen (secondary N) is 2. The van der Waals surface area contributed by atoms with E-state index in [1.54, 1.807) is 0 Å². The van der Waals surface area contributed by atoms with Crippen LogP contribution in [0.5, 0.6) is 0 Å². The van der Waals surface area contributed by atoms with Crippen LogP contribution in [0.1, 0.15) is 11.3 Å². The van der Waals surface area contributed by atoms with Crippen molar-refractivity contribution in [3.8, 4) is 0 Å². The first-order valence-electron chi connectivity index (χ1n) is 5.83. The smallest absolute Gasteiger partial charge is 0.390 e. The van der Waals surface area contributed by atoms with Gasteiger partial charge >= 0.3 is 6.18 Å². The van der Waals surface area contributed by atoms with Gasteiger partial charge < -0.3 is 10.4 Å². The lowest BCUT2D eigenvalue weighted by Gasteiger charge is -2.11. The van der Waals surface area contributed by atoms with Crippen molar-refractivity contribution in [3.05, 3.63) is 28.5 Å². The van der Waals surface area contributed by atoms with Gasteiger partial charge in [0.25, 0.3) is 5.91 Å². The highest BCUT2D eigenvalue weighted by Crippen LogP contribution is 2.34. The molecule has 0 unspecified atom stereocenters. The van der Waals surface area contributed by atoms with Crippen LogP contribution in [-0.4, -0.2) is 32.2 Å². The van der Waals surface area contributed by atoms with Gasteiger partial charge in [0, 0.05) is 6.20 Å². The number of imidazole rings is 1. The molecule has 0 saturated heterocycles. The molecule has 2 rings (SSSR count). The molecule has 0 aliphatic rings. The third-order valence-corrected chi connectivity index (χ3v) is 3.04. The number of pyridine rings is 1. The van der Waals surface area contributed by atoms with Crippen molar-refractivity contribution in [1.29, 1.82) is 0 Å². The van der Waals surface area contributed by atoms with Crippen LogP contribution in [0.25, 0.3) is 5.65 Å². The molecule has 0 aromatic carbocycles. The molecule has 1 amide bonds. The maximum Gasteiger partial charge on any atom is 0.417 e. The highest BCUT2D eigenvalue weighted by molar-refractivity contribution is 6.33. The molecule has 7 nitrogen and oxygen atoms in total. The summed E-state index contributed by atoms with van der Waals surface area (Å²) in [5, 5.41) is 19.9. The van der Waals surface area contributed by atoms with E-state index in [2.05, 4.69) is 10.3 Å². The quantitative estimate of drug-likeness (QED) is 0.499. The zero-order chi connectivity index (χ0) is 16.5. The van der Waals surface area contributed by atoms with Gasteiger partial charge in [-0.05, 0) is 6.07 Å². The van der Waals surface area contributed by atoms with Crippen LogP contribution in [0, 0.1) is 0 Å². The number of hydrogen-bond donors (Lipinski definition) is 4. The van der Waals surface area contributed by atoms with Crippen molar-refractivity contribution >= 4 is 29.0 Å². The van der Waals surface area contributed by atoms with Gasteiger partial charge in [-0.3, -0.25) is 14.4 Å². The number of hydroxylamine groups is 1. The Labute approximate surface area is 126 Å². The number of carbonyl (C=O) groups is 1. The number of aromatic nitrogens is 2. The Kier molecular flexibility index (Phi) is 4.44. The number of halogens is 4. The number of rotatable bonds is 4. The zero-order valence-electron chi connectivity index (χ0n) is 10.8. The molecule has 4 N–H and O–H groups in total. The molecular weight excluding hydrogens is 329 g/mol. The summed E-state index contributed by atoms with van der Waals surface area (Å²) in [7, 11) is 0. The second-order valence-corrected chi connectivity index (χ2v) is 4.63. The fraction of sp³-hybridized carbons (Fsp3) is 0.273. The lowest BCUT2D eigenvalue weighted by atomic mass is 10.3. The topological polar surface area (TPSA) is 98.9 Å². The first-order chi connectivity index (χ1) is 10.3. The van der Waals surface area contributed by atoms with E-state index in [-0.39, 0.29) is 22.2 Å². The van der Waals surface area contributed by atoms with E-state index in [1.807, 2.05) is 0 Å². The number of alkyl halides is 3. The lowest BCUT2D eigenvalue weighted by molar-refractivity contribution is -0.137. The van der Waals surface area contributed by atoms with Crippen molar-refractivity contribution in [2.75, 3.05) is 11.9 Å². The molecule has 11 heteroatoms. The van der Waals surface area contributed by atoms with Gasteiger partial charge in [0.1, 0.15) is 11.5 Å². The van der Waals surface area contributed by atoms with Crippen molar-refractivity contribution < 1.29 is 28.3 Å². The van der Waals surface area contributed by atoms with Gasteiger partial charge in [0.15, 0.2) is 5.65 Å². The van der Waals surface area contributed by atoms with E-state index in [0.717, 1.165) is 16.7 Å². The number of hydrogen-bond acceptors (Lipinski definition) is 5. The van der Waals surface area contributed by atoms with E-state index in [0.29, 0.717) is 0 Å². The van der Waals surface area contributed by atoms with Crippen LogP contribution in [0.15, 0.2) is 12.3 Å². The van der Waals surface area contributed by atoms with Gasteiger partial charge in [-0.15, -0.1) is 0 Å². The monoisotopic (exact) mass is 338 g/mol. The second kappa shape index (κ2) is 5.99. The zero-order valence-corrected chi connectivity index (χ0v) is 11.5. The van der Waals surface area contributed by atoms with Crippen molar-refractivity contribution in [2.45, 2.75) is 12.8 Å². The maximum atomic E-state index is 12.8. The van der Waals surface area contributed by atoms with E-state index in [4.69, 9.17) is 16.8 Å². The van der Waals surface area contributed by atoms with E-state index < -0.39 is 30.8 Å². The highest BCUT2D eigenvalue weighted by atomic mass is 35.5. The predicted octanol–water partition coefficient (Wildman–Crippen LogP) is 1.42. The van der Waals surface area contributed by atoms with E-state index in [1.165, 1.54) is 5.48 Å². The minimum absolute atomic E-state index is 0.00645. The molecule has 0 bridgehead atoms. The number of aliphatic hydroxyl groups excluding tert-OH is 1. The Morgan fingerprint density at radius 1 is 1.45 bits per heavy atom. The van der Waals surface area contributed by atoms with Gasteiger partial charge in [0.2, 0.25) is 0 Å². The van der Waals surface area contributed by atoms with Gasteiger partial charge in [-0.25, -0.2) is 10.5 Å². The summed E-state index contributed by atoms with van der Waals surface area (Å²) in [6.45, 7) is -1.02. The molecule has 0 aliphatic heterocycles. The Bertz CT molecular complexity index is 717. The minimum Gasteiger partial charge on any atom is -0.390 e. The largest absolute Gasteiger partial charge is 0.417 e. The molecule has 2 aromatic rings. The molecule has 2 heterocycles. The van der Waals surface area contributed by atoms with Crippen LogP contribution in [0.4, 0.5) is 19.0 Å². The predicted molar refractivity (Wildman–Crippen MR) is 69.5 cm³/mol. The number of fused-ring (bicyclic) bond motifs is 1. The molecule has 0 aliphatic carbocycles. The van der Waals surface area contributed by atoms with Crippen LogP contribution >= 0.6 is 11.6 Å². The first-order valence-corrected chi connectivity index (χ1v) is 6.21. The average Bonchev–Trinajstić information content (AvgIpc) is 2.82. The van der Waals surface area contributed by atoms with Crippen LogP contribution in [0.2, 0.25) is 5.02 Å². The maximum absolute atomic E-state index is 12.8. The lowest BCUT2D eigenvalue weighted by Crippen LogP contribution is -2.27. The highest BCUT2D eigenvalue weighted by Gasteiger charge is 2.32. The van der Waals surface area contributed by atoms with Crippen molar-refractivity contribution in [2.24, 2.45) is 0 Å². The summed E-state index contributed by atoms with van der Waals surface area (Å²) in [6.07, 6.45) is -3.88. The Morgan fingerprint density at radius 2 is 2.14 bits per heavy atom. The Balaban J connectivity index is 2.56. The molecule has 22 heavy (non-hydrogen) atoms. The molecule has 0 radical (unpaired) electrons. The van der Waals surface area contributed by atoms with Crippen molar-refractivity contribution in [3.63, 3.8) is 0 Å². The average molecular weight is 339 g/mol. The summed E-state index contributed by atoms with van der Waals surface area (Å²) in [4.78, 5) is 14.9. The Morgan fingerprint density at radius 3 is 2.68 bits per heavy atom. The van der Waals surface area contributed by atoms with Gasteiger partial charge in [-0.1, -0.05) is 11.6 Å². The normalized spacial score (nSPS) is 11.7. The number of carbonyl (C=O) groups excluding carboxylic acids is 1.